The van der Waals surface area contributed by atoms with Gasteiger partial charge in [-0.25, -0.2) is 22.0 Å². The lowest BCUT2D eigenvalue weighted by atomic mass is 10.0. The monoisotopic (exact) mass is 490 g/mol. The molecule has 4 aromatic carbocycles. The normalized spacial score (nSPS) is 10.5. The summed E-state index contributed by atoms with van der Waals surface area (Å²) < 4.78 is 75.0. The first-order valence-electron chi connectivity index (χ1n) is 11.0. The van der Waals surface area contributed by atoms with E-state index in [2.05, 4.69) is 23.7 Å². The van der Waals surface area contributed by atoms with Gasteiger partial charge < -0.3 is 4.74 Å². The minimum atomic E-state index is -1.57. The van der Waals surface area contributed by atoms with Crippen molar-refractivity contribution in [3.63, 3.8) is 0 Å². The second-order valence-electron chi connectivity index (χ2n) is 8.03. The van der Waals surface area contributed by atoms with E-state index in [0.29, 0.717) is 12.2 Å². The Morgan fingerprint density at radius 2 is 1.28 bits per heavy atom. The third-order valence-electron chi connectivity index (χ3n) is 5.47. The molecule has 0 atom stereocenters. The molecule has 0 aliphatic carbocycles. The zero-order valence-electron chi connectivity index (χ0n) is 19.2. The summed E-state index contributed by atoms with van der Waals surface area (Å²) in [6, 6.07) is 14.5. The summed E-state index contributed by atoms with van der Waals surface area (Å²) in [7, 11) is 1.66. The topological polar surface area (TPSA) is 9.23 Å². The largest absolute Gasteiger partial charge is 0.385 e. The van der Waals surface area contributed by atoms with Crippen LogP contribution in [0.2, 0.25) is 0 Å². The fourth-order valence-electron chi connectivity index (χ4n) is 3.60. The van der Waals surface area contributed by atoms with Crippen LogP contribution < -0.4 is 0 Å². The molecule has 0 saturated carbocycles. The van der Waals surface area contributed by atoms with Crippen molar-refractivity contribution < 1.29 is 26.7 Å². The van der Waals surface area contributed by atoms with Crippen LogP contribution in [0, 0.1) is 52.8 Å². The number of hydrogen-bond acceptors (Lipinski definition) is 1. The molecule has 180 valence electrons. The Kier molecular flexibility index (Phi) is 7.68. The van der Waals surface area contributed by atoms with E-state index in [9.17, 15) is 22.0 Å². The minimum absolute atomic E-state index is 0.0766. The van der Waals surface area contributed by atoms with E-state index in [0.717, 1.165) is 36.6 Å². The first-order valence-corrected chi connectivity index (χ1v) is 11.0. The molecule has 0 N–H and O–H groups in total. The molecule has 0 aliphatic rings. The van der Waals surface area contributed by atoms with Crippen molar-refractivity contribution in [2.75, 3.05) is 13.7 Å². The van der Waals surface area contributed by atoms with Crippen molar-refractivity contribution in [2.24, 2.45) is 0 Å². The Hall–Kier alpha value is -4.13. The van der Waals surface area contributed by atoms with Crippen LogP contribution in [0.15, 0.2) is 60.7 Å². The summed E-state index contributed by atoms with van der Waals surface area (Å²) in [5.41, 5.74) is 1.79. The smallest absolute Gasteiger partial charge is 0.195 e. The highest BCUT2D eigenvalue weighted by Crippen LogP contribution is 2.24. The zero-order chi connectivity index (χ0) is 25.7. The lowest BCUT2D eigenvalue weighted by molar-refractivity contribution is 0.195. The average Bonchev–Trinajstić information content (AvgIpc) is 2.86. The zero-order valence-corrected chi connectivity index (χ0v) is 19.2. The molecule has 1 nitrogen and oxygen atoms in total. The number of methoxy groups -OCH3 is 1. The molecular formula is C30H19F5O. The van der Waals surface area contributed by atoms with E-state index in [1.54, 1.807) is 7.11 Å². The van der Waals surface area contributed by atoms with Crippen LogP contribution in [-0.4, -0.2) is 13.7 Å². The van der Waals surface area contributed by atoms with Gasteiger partial charge in [0.2, 0.25) is 0 Å². The highest BCUT2D eigenvalue weighted by Gasteiger charge is 2.13. The van der Waals surface area contributed by atoms with Crippen LogP contribution in [-0.2, 0) is 11.2 Å². The van der Waals surface area contributed by atoms with Crippen LogP contribution >= 0.6 is 0 Å². The molecule has 6 heteroatoms. The maximum Gasteiger partial charge on any atom is 0.195 e. The molecule has 0 radical (unpaired) electrons. The summed E-state index contributed by atoms with van der Waals surface area (Å²) in [6.07, 6.45) is 1.79. The second-order valence-corrected chi connectivity index (χ2v) is 8.03. The SMILES string of the molecule is COCCCc1ccc(C#Cc2cc(F)c(C#Cc3ccc4c(F)c(F)c(F)cc4c3)c(F)c2)cc1. The Morgan fingerprint density at radius 1 is 0.639 bits per heavy atom. The summed E-state index contributed by atoms with van der Waals surface area (Å²) >= 11 is 0. The molecule has 36 heavy (non-hydrogen) atoms. The van der Waals surface area contributed by atoms with Crippen LogP contribution in [0.25, 0.3) is 10.8 Å². The van der Waals surface area contributed by atoms with Gasteiger partial charge in [-0.05, 0) is 66.3 Å². The molecule has 0 fully saturated rings. The van der Waals surface area contributed by atoms with Crippen LogP contribution in [0.1, 0.15) is 34.2 Å². The molecule has 0 spiro atoms. The fourth-order valence-corrected chi connectivity index (χ4v) is 3.60. The number of hydrogen-bond donors (Lipinski definition) is 0. The van der Waals surface area contributed by atoms with Gasteiger partial charge in [-0.1, -0.05) is 41.9 Å². The predicted molar refractivity (Wildman–Crippen MR) is 129 cm³/mol. The highest BCUT2D eigenvalue weighted by atomic mass is 19.2. The second kappa shape index (κ2) is 11.1. The molecule has 0 aromatic heterocycles. The van der Waals surface area contributed by atoms with Crippen molar-refractivity contribution in [1.82, 2.24) is 0 Å². The fraction of sp³-hybridized carbons (Fsp3) is 0.133. The Bertz CT molecular complexity index is 1530. The first kappa shape index (κ1) is 25.0. The van der Waals surface area contributed by atoms with Crippen LogP contribution in [0.5, 0.6) is 0 Å². The van der Waals surface area contributed by atoms with Crippen molar-refractivity contribution >= 4 is 10.8 Å². The van der Waals surface area contributed by atoms with E-state index in [1.807, 2.05) is 24.3 Å². The van der Waals surface area contributed by atoms with Crippen LogP contribution in [0.3, 0.4) is 0 Å². The number of aryl methyl sites for hydroxylation is 1. The molecule has 0 saturated heterocycles. The van der Waals surface area contributed by atoms with Gasteiger partial charge in [-0.3, -0.25) is 0 Å². The molecule has 4 aromatic rings. The van der Waals surface area contributed by atoms with Crippen molar-refractivity contribution in [3.05, 3.63) is 118 Å². The van der Waals surface area contributed by atoms with Gasteiger partial charge in [-0.2, -0.15) is 0 Å². The first-order chi connectivity index (χ1) is 17.4. The number of ether oxygens (including phenoxy) is 1. The molecule has 0 unspecified atom stereocenters. The standard InChI is InChI=1S/C30H19F5O/c1-36-14-2-3-19-4-6-20(7-5-19)8-9-22-16-26(31)25(27(32)17-22)13-11-21-10-12-24-23(15-21)18-28(33)30(35)29(24)34/h4-7,10,12,15-18H,2-3,14H2,1H3. The Morgan fingerprint density at radius 3 is 1.97 bits per heavy atom. The van der Waals surface area contributed by atoms with E-state index in [4.69, 9.17) is 4.74 Å². The Labute approximate surface area is 205 Å². The third-order valence-corrected chi connectivity index (χ3v) is 5.47. The molecule has 0 amide bonds. The van der Waals surface area contributed by atoms with E-state index >= 15 is 0 Å². The summed E-state index contributed by atoms with van der Waals surface area (Å²) in [4.78, 5) is 0. The van der Waals surface area contributed by atoms with Gasteiger partial charge in [0.1, 0.15) is 11.6 Å². The van der Waals surface area contributed by atoms with Gasteiger partial charge in [0, 0.05) is 35.8 Å². The van der Waals surface area contributed by atoms with Crippen molar-refractivity contribution in [1.29, 1.82) is 0 Å². The number of benzene rings is 4. The van der Waals surface area contributed by atoms with E-state index in [-0.39, 0.29) is 21.9 Å². The summed E-state index contributed by atoms with van der Waals surface area (Å²) in [6.45, 7) is 0.683. The predicted octanol–water partition coefficient (Wildman–Crippen LogP) is 6.91. The number of halogens is 5. The molecule has 4 rings (SSSR count). The van der Waals surface area contributed by atoms with Crippen LogP contribution in [0.4, 0.5) is 22.0 Å². The average molecular weight is 490 g/mol. The highest BCUT2D eigenvalue weighted by molar-refractivity contribution is 5.84. The lowest BCUT2D eigenvalue weighted by Gasteiger charge is -2.03. The molecule has 0 aliphatic heterocycles. The van der Waals surface area contributed by atoms with Gasteiger partial charge in [0.05, 0.1) is 5.56 Å². The summed E-state index contributed by atoms with van der Waals surface area (Å²) in [5.74, 6) is 4.64. The lowest BCUT2D eigenvalue weighted by Crippen LogP contribution is -1.94. The van der Waals surface area contributed by atoms with Gasteiger partial charge in [-0.15, -0.1) is 0 Å². The summed E-state index contributed by atoms with van der Waals surface area (Å²) in [5, 5.41) is -0.0479. The van der Waals surface area contributed by atoms with Gasteiger partial charge in [0.15, 0.2) is 17.5 Å². The molecular weight excluding hydrogens is 471 g/mol. The Balaban J connectivity index is 1.54. The van der Waals surface area contributed by atoms with Crippen molar-refractivity contribution in [3.8, 4) is 23.7 Å². The third kappa shape index (κ3) is 5.74. The maximum absolute atomic E-state index is 14.6. The van der Waals surface area contributed by atoms with E-state index in [1.165, 1.54) is 18.2 Å². The number of fused-ring (bicyclic) bond motifs is 1. The van der Waals surface area contributed by atoms with E-state index < -0.39 is 34.6 Å². The minimum Gasteiger partial charge on any atom is -0.385 e. The van der Waals surface area contributed by atoms with Crippen molar-refractivity contribution in [2.45, 2.75) is 12.8 Å². The molecule has 0 bridgehead atoms. The van der Waals surface area contributed by atoms with Gasteiger partial charge in [0.25, 0.3) is 0 Å². The number of rotatable bonds is 4. The molecule has 0 heterocycles. The quantitative estimate of drug-likeness (QED) is 0.131. The maximum atomic E-state index is 14.6. The van der Waals surface area contributed by atoms with Gasteiger partial charge >= 0.3 is 0 Å².